The van der Waals surface area contributed by atoms with Gasteiger partial charge in [0.1, 0.15) is 28.9 Å². The second-order valence-electron chi connectivity index (χ2n) is 10.0. The number of hydrogen-bond donors (Lipinski definition) is 1. The van der Waals surface area contributed by atoms with Crippen LogP contribution in [0.25, 0.3) is 16.7 Å². The monoisotopic (exact) mass is 526 g/mol. The number of carbonyl (C=O) groups is 1. The minimum atomic E-state index is -4.84. The number of nitrogens with zero attached hydrogens (tertiary/aromatic N) is 3. The number of halogens is 6. The lowest BCUT2D eigenvalue weighted by Crippen LogP contribution is -2.53. The molecule has 0 saturated carbocycles. The highest BCUT2D eigenvalue weighted by atomic mass is 19.4. The molecule has 1 fully saturated rings. The van der Waals surface area contributed by atoms with Gasteiger partial charge >= 0.3 is 6.18 Å². The van der Waals surface area contributed by atoms with Gasteiger partial charge in [0.2, 0.25) is 5.43 Å². The van der Waals surface area contributed by atoms with Crippen LogP contribution in [-0.4, -0.2) is 40.8 Å². The molecule has 3 aromatic rings. The van der Waals surface area contributed by atoms with Crippen molar-refractivity contribution < 1.29 is 31.1 Å². The third-order valence-electron chi connectivity index (χ3n) is 6.20. The molecule has 1 N–H and O–H groups in total. The maximum absolute atomic E-state index is 14.8. The zero-order valence-corrected chi connectivity index (χ0v) is 20.2. The molecule has 0 bridgehead atoms. The lowest BCUT2D eigenvalue weighted by Gasteiger charge is -2.33. The predicted octanol–water partition coefficient (Wildman–Crippen LogP) is 5.11. The zero-order valence-electron chi connectivity index (χ0n) is 20.2. The van der Waals surface area contributed by atoms with Gasteiger partial charge < -0.3 is 10.2 Å². The Morgan fingerprint density at radius 1 is 1.03 bits per heavy atom. The molecule has 0 spiro atoms. The van der Waals surface area contributed by atoms with Crippen LogP contribution in [0.4, 0.5) is 32.2 Å². The molecule has 1 amide bonds. The van der Waals surface area contributed by atoms with Gasteiger partial charge in [-0.1, -0.05) is 20.8 Å². The van der Waals surface area contributed by atoms with Crippen LogP contribution in [0, 0.1) is 22.9 Å². The second-order valence-corrected chi connectivity index (χ2v) is 10.0. The molecule has 3 heterocycles. The molecular formula is C25H24F6N4O2. The Hall–Kier alpha value is -3.57. The minimum absolute atomic E-state index is 0.237. The number of fused-ring (bicyclic) bond motifs is 1. The first-order chi connectivity index (χ1) is 17.2. The summed E-state index contributed by atoms with van der Waals surface area (Å²) < 4.78 is 85.0. The highest BCUT2D eigenvalue weighted by Gasteiger charge is 2.48. The van der Waals surface area contributed by atoms with Crippen molar-refractivity contribution in [3.8, 4) is 5.69 Å². The summed E-state index contributed by atoms with van der Waals surface area (Å²) in [7, 11) is 0. The molecular weight excluding hydrogens is 502 g/mol. The quantitative estimate of drug-likeness (QED) is 0.480. The van der Waals surface area contributed by atoms with E-state index in [9.17, 15) is 35.9 Å². The number of aromatic nitrogens is 2. The van der Waals surface area contributed by atoms with Gasteiger partial charge in [0.15, 0.2) is 17.3 Å². The number of anilines is 1. The van der Waals surface area contributed by atoms with Crippen LogP contribution in [0.1, 0.15) is 44.0 Å². The fourth-order valence-electron chi connectivity index (χ4n) is 4.41. The van der Waals surface area contributed by atoms with Gasteiger partial charge in [0.25, 0.3) is 5.91 Å². The van der Waals surface area contributed by atoms with Gasteiger partial charge in [0, 0.05) is 31.4 Å². The standard InChI is InChI=1S/C25H24F6N4O2/c1-24(2,3)23(25(29,30)31)33-22(37)15-12-35(19-16(27)10-13(26)11-17(19)28)21-14(20(15)36)6-7-18(32-21)34-8-4-5-9-34/h6-7,10-12,23H,4-5,8-9H2,1-3H3,(H,33,37). The molecule has 1 atom stereocenters. The number of benzene rings is 1. The smallest absolute Gasteiger partial charge is 0.357 e. The van der Waals surface area contributed by atoms with E-state index in [1.165, 1.54) is 32.9 Å². The van der Waals surface area contributed by atoms with Crippen molar-refractivity contribution in [2.24, 2.45) is 5.41 Å². The molecule has 12 heteroatoms. The Morgan fingerprint density at radius 3 is 2.16 bits per heavy atom. The van der Waals surface area contributed by atoms with Crippen molar-refractivity contribution in [1.82, 2.24) is 14.9 Å². The first kappa shape index (κ1) is 26.5. The maximum Gasteiger partial charge on any atom is 0.409 e. The van der Waals surface area contributed by atoms with Crippen LogP contribution in [0.3, 0.4) is 0 Å². The van der Waals surface area contributed by atoms with Crippen LogP contribution in [-0.2, 0) is 0 Å². The summed E-state index contributed by atoms with van der Waals surface area (Å²) in [6.07, 6.45) is -2.33. The van der Waals surface area contributed by atoms with Crippen molar-refractivity contribution in [1.29, 1.82) is 0 Å². The number of rotatable bonds is 4. The van der Waals surface area contributed by atoms with E-state index in [1.54, 1.807) is 0 Å². The lowest BCUT2D eigenvalue weighted by atomic mass is 9.86. The van der Waals surface area contributed by atoms with E-state index in [1.807, 2.05) is 10.2 Å². The fourth-order valence-corrected chi connectivity index (χ4v) is 4.41. The van der Waals surface area contributed by atoms with Crippen molar-refractivity contribution in [3.63, 3.8) is 0 Å². The Bertz CT molecular complexity index is 1380. The molecule has 6 nitrogen and oxygen atoms in total. The normalized spacial score (nSPS) is 15.3. The molecule has 1 aromatic carbocycles. The Balaban J connectivity index is 1.95. The largest absolute Gasteiger partial charge is 0.409 e. The van der Waals surface area contributed by atoms with Crippen LogP contribution in [0.5, 0.6) is 0 Å². The van der Waals surface area contributed by atoms with E-state index < -0.39 is 57.7 Å². The van der Waals surface area contributed by atoms with Gasteiger partial charge in [-0.15, -0.1) is 0 Å². The second kappa shape index (κ2) is 9.38. The zero-order chi connectivity index (χ0) is 27.3. The van der Waals surface area contributed by atoms with E-state index in [-0.39, 0.29) is 11.0 Å². The molecule has 198 valence electrons. The summed E-state index contributed by atoms with van der Waals surface area (Å²) in [6, 6.07) is 1.28. The number of carbonyl (C=O) groups excluding carboxylic acids is 1. The Morgan fingerprint density at radius 2 is 1.62 bits per heavy atom. The van der Waals surface area contributed by atoms with E-state index in [4.69, 9.17) is 0 Å². The molecule has 1 aliphatic heterocycles. The van der Waals surface area contributed by atoms with Crippen LogP contribution in [0.15, 0.2) is 35.3 Å². The van der Waals surface area contributed by atoms with Crippen molar-refractivity contribution in [3.05, 3.63) is 63.7 Å². The molecule has 2 aromatic heterocycles. The number of amides is 1. The van der Waals surface area contributed by atoms with Gasteiger partial charge in [0.05, 0.1) is 5.39 Å². The predicted molar refractivity (Wildman–Crippen MR) is 125 cm³/mol. The highest BCUT2D eigenvalue weighted by molar-refractivity contribution is 5.97. The SMILES string of the molecule is CC(C)(C)C(NC(=O)c1cn(-c2c(F)cc(F)cc2F)c2nc(N3CCCC3)ccc2c1=O)C(F)(F)F. The highest BCUT2D eigenvalue weighted by Crippen LogP contribution is 2.33. The molecule has 4 rings (SSSR count). The molecule has 1 aliphatic rings. The summed E-state index contributed by atoms with van der Waals surface area (Å²) in [4.78, 5) is 32.5. The van der Waals surface area contributed by atoms with Gasteiger partial charge in [-0.2, -0.15) is 13.2 Å². The first-order valence-electron chi connectivity index (χ1n) is 11.5. The third-order valence-corrected chi connectivity index (χ3v) is 6.20. The minimum Gasteiger partial charge on any atom is -0.357 e. The van der Waals surface area contributed by atoms with Crippen molar-refractivity contribution >= 4 is 22.8 Å². The lowest BCUT2D eigenvalue weighted by molar-refractivity contribution is -0.174. The molecule has 1 saturated heterocycles. The summed E-state index contributed by atoms with van der Waals surface area (Å²) in [6.45, 7) is 5.10. The number of nitrogens with one attached hydrogen (secondary N) is 1. The molecule has 1 unspecified atom stereocenters. The fraction of sp³-hybridized carbons (Fsp3) is 0.400. The average molecular weight is 526 g/mol. The molecule has 37 heavy (non-hydrogen) atoms. The summed E-state index contributed by atoms with van der Waals surface area (Å²) in [5, 5.41) is 1.59. The maximum atomic E-state index is 14.8. The van der Waals surface area contributed by atoms with Crippen LogP contribution < -0.4 is 15.6 Å². The van der Waals surface area contributed by atoms with Crippen molar-refractivity contribution in [2.75, 3.05) is 18.0 Å². The van der Waals surface area contributed by atoms with Gasteiger partial charge in [-0.05, 0) is 30.4 Å². The number of pyridine rings is 2. The van der Waals surface area contributed by atoms with E-state index in [2.05, 4.69) is 4.98 Å². The molecule has 0 radical (unpaired) electrons. The number of alkyl halides is 3. The summed E-state index contributed by atoms with van der Waals surface area (Å²) in [5.74, 6) is -4.89. The van der Waals surface area contributed by atoms with E-state index >= 15 is 0 Å². The van der Waals surface area contributed by atoms with E-state index in [0.29, 0.717) is 31.0 Å². The van der Waals surface area contributed by atoms with Crippen LogP contribution >= 0.6 is 0 Å². The number of hydrogen-bond acceptors (Lipinski definition) is 4. The topological polar surface area (TPSA) is 67.2 Å². The van der Waals surface area contributed by atoms with E-state index in [0.717, 1.165) is 23.6 Å². The Kier molecular flexibility index (Phi) is 6.72. The molecule has 0 aliphatic carbocycles. The first-order valence-corrected chi connectivity index (χ1v) is 11.5. The average Bonchev–Trinajstić information content (AvgIpc) is 3.31. The van der Waals surface area contributed by atoms with Gasteiger partial charge in [-0.3, -0.25) is 14.2 Å². The Labute approximate surface area is 207 Å². The van der Waals surface area contributed by atoms with Crippen molar-refractivity contribution in [2.45, 2.75) is 45.8 Å². The van der Waals surface area contributed by atoms with Crippen LogP contribution in [0.2, 0.25) is 0 Å². The summed E-state index contributed by atoms with van der Waals surface area (Å²) >= 11 is 0. The summed E-state index contributed by atoms with van der Waals surface area (Å²) in [5.41, 5.74) is -4.30. The third kappa shape index (κ3) is 5.14. The van der Waals surface area contributed by atoms with Gasteiger partial charge in [-0.25, -0.2) is 18.2 Å².